The zero-order valence-corrected chi connectivity index (χ0v) is 24.1. The van der Waals surface area contributed by atoms with Gasteiger partial charge in [0.2, 0.25) is 0 Å². The van der Waals surface area contributed by atoms with Crippen LogP contribution in [0.3, 0.4) is 0 Å². The largest absolute Gasteiger partial charge is 0.456 e. The molecule has 0 bridgehead atoms. The maximum atomic E-state index is 6.29. The summed E-state index contributed by atoms with van der Waals surface area (Å²) in [5.41, 5.74) is 12.3. The minimum absolute atomic E-state index is 0.905. The summed E-state index contributed by atoms with van der Waals surface area (Å²) >= 11 is 0. The van der Waals surface area contributed by atoms with Crippen LogP contribution >= 0.6 is 0 Å². The van der Waals surface area contributed by atoms with Gasteiger partial charge < -0.3 is 9.32 Å². The summed E-state index contributed by atoms with van der Waals surface area (Å²) in [6.07, 6.45) is 0. The van der Waals surface area contributed by atoms with Gasteiger partial charge >= 0.3 is 0 Å². The van der Waals surface area contributed by atoms with E-state index in [0.717, 1.165) is 50.1 Å². The Morgan fingerprint density at radius 2 is 0.773 bits per heavy atom. The van der Waals surface area contributed by atoms with E-state index in [-0.39, 0.29) is 0 Å². The second-order valence-corrected chi connectivity index (χ2v) is 11.0. The molecule has 0 fully saturated rings. The first-order valence-corrected chi connectivity index (χ1v) is 14.9. The van der Waals surface area contributed by atoms with Gasteiger partial charge in [-0.15, -0.1) is 0 Å². The predicted molar refractivity (Wildman–Crippen MR) is 185 cm³/mol. The number of nitrogens with zero attached hydrogens (tertiary/aromatic N) is 1. The Bertz CT molecular complexity index is 2140. The fourth-order valence-electron chi connectivity index (χ4n) is 6.11. The molecule has 208 valence electrons. The molecule has 0 aliphatic rings. The Morgan fingerprint density at radius 3 is 1.41 bits per heavy atom. The number of anilines is 3. The van der Waals surface area contributed by atoms with E-state index in [4.69, 9.17) is 4.42 Å². The van der Waals surface area contributed by atoms with Crippen LogP contribution < -0.4 is 4.90 Å². The number of rotatable bonds is 6. The number of hydrogen-bond donors (Lipinski definition) is 0. The van der Waals surface area contributed by atoms with Crippen LogP contribution in [0.1, 0.15) is 0 Å². The Balaban J connectivity index is 1.16. The highest BCUT2D eigenvalue weighted by atomic mass is 16.3. The van der Waals surface area contributed by atoms with Crippen molar-refractivity contribution in [3.8, 4) is 33.4 Å². The van der Waals surface area contributed by atoms with Gasteiger partial charge in [0.1, 0.15) is 11.2 Å². The van der Waals surface area contributed by atoms with Gasteiger partial charge in [-0.1, -0.05) is 121 Å². The molecule has 0 amide bonds. The molecule has 0 aliphatic heterocycles. The molecule has 2 heteroatoms. The Morgan fingerprint density at radius 1 is 0.318 bits per heavy atom. The molecule has 0 N–H and O–H groups in total. The first kappa shape index (κ1) is 25.8. The zero-order chi connectivity index (χ0) is 29.3. The average Bonchev–Trinajstić information content (AvgIpc) is 3.47. The van der Waals surface area contributed by atoms with Crippen LogP contribution in [0, 0.1) is 0 Å². The molecular formula is C42H29NO. The summed E-state index contributed by atoms with van der Waals surface area (Å²) in [6.45, 7) is 0. The van der Waals surface area contributed by atoms with Crippen LogP contribution in [-0.4, -0.2) is 0 Å². The molecule has 8 aromatic rings. The van der Waals surface area contributed by atoms with E-state index in [1.807, 2.05) is 12.1 Å². The average molecular weight is 564 g/mol. The van der Waals surface area contributed by atoms with Crippen molar-refractivity contribution in [3.63, 3.8) is 0 Å². The van der Waals surface area contributed by atoms with Crippen LogP contribution in [-0.2, 0) is 0 Å². The van der Waals surface area contributed by atoms with Gasteiger partial charge in [0, 0.05) is 27.8 Å². The van der Waals surface area contributed by atoms with Crippen molar-refractivity contribution in [2.45, 2.75) is 0 Å². The number of hydrogen-bond acceptors (Lipinski definition) is 2. The molecule has 8 rings (SSSR count). The normalized spacial score (nSPS) is 11.2. The Hall–Kier alpha value is -5.86. The lowest BCUT2D eigenvalue weighted by atomic mass is 9.92. The predicted octanol–water partition coefficient (Wildman–Crippen LogP) is 12.1. The third-order valence-corrected chi connectivity index (χ3v) is 8.29. The molecule has 1 aromatic heterocycles. The summed E-state index contributed by atoms with van der Waals surface area (Å²) in [4.78, 5) is 2.28. The number of para-hydroxylation sites is 3. The van der Waals surface area contributed by atoms with Crippen molar-refractivity contribution in [1.29, 1.82) is 0 Å². The van der Waals surface area contributed by atoms with Crippen molar-refractivity contribution >= 4 is 39.0 Å². The van der Waals surface area contributed by atoms with E-state index in [1.54, 1.807) is 0 Å². The van der Waals surface area contributed by atoms with E-state index >= 15 is 0 Å². The summed E-state index contributed by atoms with van der Waals surface area (Å²) in [5.74, 6) is 0. The second-order valence-electron chi connectivity index (χ2n) is 11.0. The van der Waals surface area contributed by atoms with Crippen LogP contribution in [0.4, 0.5) is 17.1 Å². The molecule has 0 saturated carbocycles. The first-order valence-electron chi connectivity index (χ1n) is 14.9. The van der Waals surface area contributed by atoms with Gasteiger partial charge in [0.25, 0.3) is 0 Å². The highest BCUT2D eigenvalue weighted by Crippen LogP contribution is 2.40. The lowest BCUT2D eigenvalue weighted by molar-refractivity contribution is 0.669. The van der Waals surface area contributed by atoms with Gasteiger partial charge in [0.15, 0.2) is 0 Å². The lowest BCUT2D eigenvalue weighted by Gasteiger charge is -2.25. The van der Waals surface area contributed by atoms with Gasteiger partial charge in [-0.2, -0.15) is 0 Å². The van der Waals surface area contributed by atoms with Gasteiger partial charge in [-0.25, -0.2) is 0 Å². The summed E-state index contributed by atoms with van der Waals surface area (Å²) in [5, 5.41) is 2.28. The van der Waals surface area contributed by atoms with Crippen molar-refractivity contribution in [3.05, 3.63) is 176 Å². The highest BCUT2D eigenvalue weighted by molar-refractivity contribution is 6.08. The molecule has 0 atom stereocenters. The standard InChI is InChI=1S/C42H29NO/c1-4-12-32(13-5-1)38-28-40-37-18-10-11-19-41(37)44-42(40)29-39(38)33-22-20-30(21-23-33)31-24-26-36(27-25-31)43(34-14-6-2-7-15-34)35-16-8-3-9-17-35/h1-29H. The lowest BCUT2D eigenvalue weighted by Crippen LogP contribution is -2.09. The van der Waals surface area contributed by atoms with E-state index in [0.29, 0.717) is 0 Å². The van der Waals surface area contributed by atoms with E-state index < -0.39 is 0 Å². The van der Waals surface area contributed by atoms with Gasteiger partial charge in [0.05, 0.1) is 0 Å². The maximum absolute atomic E-state index is 6.29. The van der Waals surface area contributed by atoms with E-state index in [2.05, 4.69) is 169 Å². The molecule has 2 nitrogen and oxygen atoms in total. The minimum atomic E-state index is 0.905. The Kier molecular flexibility index (Phi) is 6.51. The third-order valence-electron chi connectivity index (χ3n) is 8.29. The monoisotopic (exact) mass is 563 g/mol. The van der Waals surface area contributed by atoms with Crippen molar-refractivity contribution in [2.75, 3.05) is 4.90 Å². The molecule has 0 unspecified atom stereocenters. The number of benzene rings is 7. The van der Waals surface area contributed by atoms with E-state index in [9.17, 15) is 0 Å². The van der Waals surface area contributed by atoms with Crippen LogP contribution in [0.5, 0.6) is 0 Å². The Labute approximate surface area is 257 Å². The smallest absolute Gasteiger partial charge is 0.136 e. The molecule has 44 heavy (non-hydrogen) atoms. The third kappa shape index (κ3) is 4.73. The maximum Gasteiger partial charge on any atom is 0.136 e. The zero-order valence-electron chi connectivity index (χ0n) is 24.1. The molecule has 0 radical (unpaired) electrons. The fourth-order valence-corrected chi connectivity index (χ4v) is 6.11. The SMILES string of the molecule is c1ccc(-c2cc3c(cc2-c2ccc(-c4ccc(N(c5ccccc5)c5ccccc5)cc4)cc2)oc2ccccc23)cc1. The molecular weight excluding hydrogens is 534 g/mol. The molecule has 0 saturated heterocycles. The van der Waals surface area contributed by atoms with Crippen LogP contribution in [0.25, 0.3) is 55.3 Å². The minimum Gasteiger partial charge on any atom is -0.456 e. The molecule has 0 spiro atoms. The highest BCUT2D eigenvalue weighted by Gasteiger charge is 2.15. The summed E-state index contributed by atoms with van der Waals surface area (Å²) in [7, 11) is 0. The topological polar surface area (TPSA) is 16.4 Å². The fraction of sp³-hybridized carbons (Fsp3) is 0. The second kappa shape index (κ2) is 11.1. The van der Waals surface area contributed by atoms with Crippen molar-refractivity contribution in [1.82, 2.24) is 0 Å². The first-order chi connectivity index (χ1) is 21.8. The van der Waals surface area contributed by atoms with Crippen LogP contribution in [0.15, 0.2) is 180 Å². The van der Waals surface area contributed by atoms with Crippen LogP contribution in [0.2, 0.25) is 0 Å². The van der Waals surface area contributed by atoms with Crippen molar-refractivity contribution in [2.24, 2.45) is 0 Å². The quantitative estimate of drug-likeness (QED) is 0.200. The molecule has 1 heterocycles. The summed E-state index contributed by atoms with van der Waals surface area (Å²) in [6, 6.07) is 62.1. The van der Waals surface area contributed by atoms with E-state index in [1.165, 1.54) is 22.3 Å². The van der Waals surface area contributed by atoms with Crippen molar-refractivity contribution < 1.29 is 4.42 Å². The van der Waals surface area contributed by atoms with Gasteiger partial charge in [-0.3, -0.25) is 0 Å². The molecule has 0 aliphatic carbocycles. The number of fused-ring (bicyclic) bond motifs is 3. The summed E-state index contributed by atoms with van der Waals surface area (Å²) < 4.78 is 6.29. The molecule has 7 aromatic carbocycles. The van der Waals surface area contributed by atoms with Gasteiger partial charge in [-0.05, 0) is 88.0 Å². The number of furan rings is 1.